The number of nitrogens with zero attached hydrogens (tertiary/aromatic N) is 4. The minimum atomic E-state index is -4.56. The quantitative estimate of drug-likeness (QED) is 0.234. The van der Waals surface area contributed by atoms with E-state index in [0.717, 1.165) is 43.0 Å². The van der Waals surface area contributed by atoms with E-state index in [1.807, 2.05) is 23.7 Å². The van der Waals surface area contributed by atoms with Crippen molar-refractivity contribution in [1.29, 1.82) is 0 Å². The molecule has 4 aromatic rings. The van der Waals surface area contributed by atoms with Gasteiger partial charge in [-0.25, -0.2) is 14.4 Å². The van der Waals surface area contributed by atoms with Gasteiger partial charge in [-0.05, 0) is 62.3 Å². The average molecular weight is 590 g/mol. The minimum absolute atomic E-state index is 0.0529. The van der Waals surface area contributed by atoms with Crippen molar-refractivity contribution in [2.45, 2.75) is 44.5 Å². The van der Waals surface area contributed by atoms with Crippen LogP contribution in [0.4, 0.5) is 23.2 Å². The Balaban J connectivity index is 1.17. The van der Waals surface area contributed by atoms with Crippen molar-refractivity contribution >= 4 is 34.2 Å². The summed E-state index contributed by atoms with van der Waals surface area (Å²) in [6.45, 7) is 2.32. The standard InChI is InChI=1S/C29H28ClF4N5O2/c1-38-25-8-7-21(35-27(40)15-29(32,33)34)14-24(25)36-26(38)16-39-11-9-18(10-12-39)23-3-2-4-28(37-23)41-17-19-5-6-20(30)13-22(19)31/h2-8,13-14,18H,9-12,15-17H2,1H3,(H,35,40). The summed E-state index contributed by atoms with van der Waals surface area (Å²) in [6.07, 6.45) is -4.32. The number of piperidine rings is 1. The molecule has 1 fully saturated rings. The molecule has 12 heteroatoms. The Labute approximate surface area is 239 Å². The van der Waals surface area contributed by atoms with E-state index >= 15 is 0 Å². The lowest BCUT2D eigenvalue weighted by molar-refractivity contribution is -0.150. The monoisotopic (exact) mass is 589 g/mol. The summed E-state index contributed by atoms with van der Waals surface area (Å²) >= 11 is 5.82. The van der Waals surface area contributed by atoms with Crippen LogP contribution in [0.25, 0.3) is 11.0 Å². The van der Waals surface area contributed by atoms with Gasteiger partial charge < -0.3 is 14.6 Å². The summed E-state index contributed by atoms with van der Waals surface area (Å²) in [7, 11) is 1.89. The van der Waals surface area contributed by atoms with Crippen LogP contribution in [0, 0.1) is 5.82 Å². The van der Waals surface area contributed by atoms with E-state index in [1.165, 1.54) is 6.07 Å². The Morgan fingerprint density at radius 2 is 1.88 bits per heavy atom. The molecule has 1 saturated heterocycles. The molecule has 1 aliphatic heterocycles. The molecule has 1 aliphatic rings. The fourth-order valence-electron chi connectivity index (χ4n) is 4.97. The second-order valence-corrected chi connectivity index (χ2v) is 10.5. The number of nitrogens with one attached hydrogen (secondary N) is 1. The number of carbonyl (C=O) groups is 1. The molecule has 1 amide bonds. The van der Waals surface area contributed by atoms with E-state index < -0.39 is 24.3 Å². The largest absolute Gasteiger partial charge is 0.473 e. The average Bonchev–Trinajstić information content (AvgIpc) is 3.21. The Kier molecular flexibility index (Phi) is 8.46. The van der Waals surface area contributed by atoms with Gasteiger partial charge in [-0.15, -0.1) is 0 Å². The van der Waals surface area contributed by atoms with Gasteiger partial charge in [0.25, 0.3) is 0 Å². The van der Waals surface area contributed by atoms with Crippen molar-refractivity contribution < 1.29 is 27.1 Å². The number of imidazole rings is 1. The molecule has 0 saturated carbocycles. The first-order valence-corrected chi connectivity index (χ1v) is 13.5. The molecular weight excluding hydrogens is 562 g/mol. The topological polar surface area (TPSA) is 72.3 Å². The molecule has 0 spiro atoms. The number of hydrogen-bond donors (Lipinski definition) is 1. The molecule has 0 unspecified atom stereocenters. The third-order valence-electron chi connectivity index (χ3n) is 7.12. The maximum Gasteiger partial charge on any atom is 0.397 e. The number of benzene rings is 2. The molecule has 2 aromatic heterocycles. The van der Waals surface area contributed by atoms with Crippen LogP contribution >= 0.6 is 11.6 Å². The van der Waals surface area contributed by atoms with Crippen molar-refractivity contribution in [1.82, 2.24) is 19.4 Å². The van der Waals surface area contributed by atoms with Crippen molar-refractivity contribution in [2.75, 3.05) is 18.4 Å². The normalized spacial score (nSPS) is 14.9. The van der Waals surface area contributed by atoms with Crippen LogP contribution < -0.4 is 10.1 Å². The molecule has 0 aliphatic carbocycles. The van der Waals surface area contributed by atoms with Crippen molar-refractivity contribution in [3.05, 3.63) is 82.5 Å². The number of likely N-dealkylation sites (tertiary alicyclic amines) is 1. The van der Waals surface area contributed by atoms with E-state index in [4.69, 9.17) is 16.3 Å². The predicted octanol–water partition coefficient (Wildman–Crippen LogP) is 6.61. The number of pyridine rings is 1. The van der Waals surface area contributed by atoms with Crippen LogP contribution in [-0.2, 0) is 25.0 Å². The molecule has 0 radical (unpaired) electrons. The highest BCUT2D eigenvalue weighted by Gasteiger charge is 2.31. The van der Waals surface area contributed by atoms with E-state index in [9.17, 15) is 22.4 Å². The van der Waals surface area contributed by atoms with Gasteiger partial charge in [0.1, 0.15) is 24.7 Å². The molecule has 0 bridgehead atoms. The van der Waals surface area contributed by atoms with Crippen LogP contribution in [0.2, 0.25) is 5.02 Å². The maximum absolute atomic E-state index is 14.1. The van der Waals surface area contributed by atoms with Crippen LogP contribution in [0.5, 0.6) is 5.88 Å². The fourth-order valence-corrected chi connectivity index (χ4v) is 5.13. The molecule has 0 atom stereocenters. The Bertz CT molecular complexity index is 1550. The maximum atomic E-state index is 14.1. The van der Waals surface area contributed by atoms with E-state index in [0.29, 0.717) is 28.5 Å². The second-order valence-electron chi connectivity index (χ2n) is 10.1. The molecule has 5 rings (SSSR count). The van der Waals surface area contributed by atoms with Crippen LogP contribution in [0.1, 0.15) is 42.3 Å². The number of amides is 1. The van der Waals surface area contributed by atoms with Crippen LogP contribution in [0.15, 0.2) is 54.6 Å². The fraction of sp³-hybridized carbons (Fsp3) is 0.345. The van der Waals surface area contributed by atoms with Gasteiger partial charge >= 0.3 is 6.18 Å². The first-order chi connectivity index (χ1) is 19.5. The van der Waals surface area contributed by atoms with Gasteiger partial charge in [0.2, 0.25) is 11.8 Å². The predicted molar refractivity (Wildman–Crippen MR) is 147 cm³/mol. The second kappa shape index (κ2) is 12.0. The van der Waals surface area contributed by atoms with Gasteiger partial charge in [-0.2, -0.15) is 13.2 Å². The Morgan fingerprint density at radius 1 is 1.10 bits per heavy atom. The zero-order chi connectivity index (χ0) is 29.1. The lowest BCUT2D eigenvalue weighted by atomic mass is 9.93. The van der Waals surface area contributed by atoms with Crippen molar-refractivity contribution in [3.8, 4) is 5.88 Å². The number of alkyl halides is 3. The van der Waals surface area contributed by atoms with E-state index in [-0.39, 0.29) is 18.2 Å². The highest BCUT2D eigenvalue weighted by molar-refractivity contribution is 6.30. The number of halogens is 5. The highest BCUT2D eigenvalue weighted by Crippen LogP contribution is 2.30. The van der Waals surface area contributed by atoms with Gasteiger partial charge in [0.15, 0.2) is 0 Å². The first-order valence-electron chi connectivity index (χ1n) is 13.1. The number of aryl methyl sites for hydroxylation is 1. The highest BCUT2D eigenvalue weighted by atomic mass is 35.5. The molecule has 2 aromatic carbocycles. The number of anilines is 1. The summed E-state index contributed by atoms with van der Waals surface area (Å²) in [5.41, 5.74) is 3.03. The van der Waals surface area contributed by atoms with E-state index in [2.05, 4.69) is 20.2 Å². The number of aromatic nitrogens is 3. The number of hydrogen-bond acceptors (Lipinski definition) is 5. The number of fused-ring (bicyclic) bond motifs is 1. The lowest BCUT2D eigenvalue weighted by Gasteiger charge is -2.31. The van der Waals surface area contributed by atoms with Crippen molar-refractivity contribution in [3.63, 3.8) is 0 Å². The molecule has 41 heavy (non-hydrogen) atoms. The summed E-state index contributed by atoms with van der Waals surface area (Å²) < 4.78 is 59.2. The first kappa shape index (κ1) is 28.8. The van der Waals surface area contributed by atoms with Gasteiger partial charge in [0.05, 0.1) is 17.6 Å². The van der Waals surface area contributed by atoms with Gasteiger partial charge in [-0.3, -0.25) is 9.69 Å². The number of ether oxygens (including phenoxy) is 1. The minimum Gasteiger partial charge on any atom is -0.473 e. The molecular formula is C29H28ClF4N5O2. The third-order valence-corrected chi connectivity index (χ3v) is 7.36. The molecule has 7 nitrogen and oxygen atoms in total. The zero-order valence-corrected chi connectivity index (χ0v) is 23.0. The van der Waals surface area contributed by atoms with Crippen LogP contribution in [-0.4, -0.2) is 44.6 Å². The van der Waals surface area contributed by atoms with Crippen LogP contribution in [0.3, 0.4) is 0 Å². The summed E-state index contributed by atoms with van der Waals surface area (Å²) in [5, 5.41) is 2.62. The Hall–Kier alpha value is -3.70. The number of carbonyl (C=O) groups excluding carboxylic acids is 1. The summed E-state index contributed by atoms with van der Waals surface area (Å²) in [4.78, 5) is 23.3. The molecule has 216 valence electrons. The molecule has 1 N–H and O–H groups in total. The lowest BCUT2D eigenvalue weighted by Crippen LogP contribution is -2.33. The van der Waals surface area contributed by atoms with Gasteiger partial charge in [0, 0.05) is 41.0 Å². The van der Waals surface area contributed by atoms with E-state index in [1.54, 1.807) is 36.4 Å². The Morgan fingerprint density at radius 3 is 2.61 bits per heavy atom. The summed E-state index contributed by atoms with van der Waals surface area (Å²) in [6, 6.07) is 15.0. The van der Waals surface area contributed by atoms with Gasteiger partial charge in [-0.1, -0.05) is 23.7 Å². The third kappa shape index (κ3) is 7.34. The van der Waals surface area contributed by atoms with Crippen molar-refractivity contribution in [2.24, 2.45) is 7.05 Å². The number of rotatable bonds is 8. The summed E-state index contributed by atoms with van der Waals surface area (Å²) in [5.74, 6) is -0.0220. The molecule has 3 heterocycles. The SMILES string of the molecule is Cn1c(CN2CCC(c3cccc(OCc4ccc(Cl)cc4F)n3)CC2)nc2cc(NC(=O)CC(F)(F)F)ccc21. The zero-order valence-electron chi connectivity index (χ0n) is 22.2. The smallest absolute Gasteiger partial charge is 0.397 e.